The first-order valence-corrected chi connectivity index (χ1v) is 6.06. The highest BCUT2D eigenvalue weighted by Crippen LogP contribution is 2.07. The fourth-order valence-electron chi connectivity index (χ4n) is 1.80. The van der Waals surface area contributed by atoms with E-state index in [-0.39, 0.29) is 12.5 Å². The Kier molecular flexibility index (Phi) is 4.13. The average molecular weight is 262 g/mol. The monoisotopic (exact) mass is 262 g/mol. The highest BCUT2D eigenvalue weighted by atomic mass is 16.5. The second kappa shape index (κ2) is 5.81. The maximum absolute atomic E-state index is 11.6. The molecule has 0 saturated carbocycles. The van der Waals surface area contributed by atoms with Crippen LogP contribution in [0.5, 0.6) is 0 Å². The van der Waals surface area contributed by atoms with Crippen LogP contribution in [0.3, 0.4) is 0 Å². The molecule has 2 rings (SSSR count). The molecule has 2 heterocycles. The van der Waals surface area contributed by atoms with Crippen molar-refractivity contribution in [1.29, 1.82) is 0 Å². The van der Waals surface area contributed by atoms with Crippen LogP contribution < -0.4 is 11.1 Å². The van der Waals surface area contributed by atoms with E-state index in [4.69, 9.17) is 10.5 Å². The van der Waals surface area contributed by atoms with E-state index < -0.39 is 6.04 Å². The van der Waals surface area contributed by atoms with Gasteiger partial charge in [0, 0.05) is 19.5 Å². The third kappa shape index (κ3) is 3.30. The Balaban J connectivity index is 2.00. The number of aromatic nitrogens is 2. The predicted molar refractivity (Wildman–Crippen MR) is 71.6 cm³/mol. The molecule has 1 unspecified atom stereocenters. The Labute approximate surface area is 111 Å². The summed E-state index contributed by atoms with van der Waals surface area (Å²) in [5.74, 6) is -0.241. The van der Waals surface area contributed by atoms with E-state index in [0.717, 1.165) is 16.9 Å². The number of methoxy groups -OCH3 is 1. The van der Waals surface area contributed by atoms with Crippen molar-refractivity contribution in [2.45, 2.75) is 19.5 Å². The van der Waals surface area contributed by atoms with Gasteiger partial charge in [-0.25, -0.2) is 4.98 Å². The quantitative estimate of drug-likeness (QED) is 0.808. The number of hydrogen-bond acceptors (Lipinski definition) is 4. The van der Waals surface area contributed by atoms with Crippen LogP contribution >= 0.6 is 0 Å². The van der Waals surface area contributed by atoms with Crippen LogP contribution in [0.25, 0.3) is 5.65 Å². The second-order valence-electron chi connectivity index (χ2n) is 4.48. The fourth-order valence-corrected chi connectivity index (χ4v) is 1.80. The molecule has 2 aromatic rings. The molecule has 6 nitrogen and oxygen atoms in total. The van der Waals surface area contributed by atoms with Gasteiger partial charge in [0.05, 0.1) is 18.8 Å². The number of nitrogens with zero attached hydrogens (tertiary/aromatic N) is 2. The number of ether oxygens (including phenoxy) is 1. The standard InChI is InChI=1S/C13H18N4O2/c1-9-3-4-12-16-10(7-17(12)6-9)5-15-13(18)11(14)8-19-2/h3-4,6-7,11H,5,8,14H2,1-2H3,(H,15,18). The molecule has 0 spiro atoms. The minimum atomic E-state index is -0.649. The number of nitrogens with one attached hydrogen (secondary N) is 1. The number of rotatable bonds is 5. The van der Waals surface area contributed by atoms with Crippen LogP contribution in [0.2, 0.25) is 0 Å². The van der Waals surface area contributed by atoms with Gasteiger partial charge in [-0.05, 0) is 18.6 Å². The number of pyridine rings is 1. The maximum atomic E-state index is 11.6. The molecule has 2 aromatic heterocycles. The lowest BCUT2D eigenvalue weighted by molar-refractivity contribution is -0.123. The molecule has 0 aromatic carbocycles. The van der Waals surface area contributed by atoms with Gasteiger partial charge in [0.15, 0.2) is 0 Å². The van der Waals surface area contributed by atoms with Gasteiger partial charge in [-0.15, -0.1) is 0 Å². The molecule has 102 valence electrons. The molecule has 0 bridgehead atoms. The zero-order chi connectivity index (χ0) is 13.8. The van der Waals surface area contributed by atoms with E-state index in [1.165, 1.54) is 7.11 Å². The molecular weight excluding hydrogens is 244 g/mol. The van der Waals surface area contributed by atoms with Crippen molar-refractivity contribution in [3.05, 3.63) is 35.8 Å². The van der Waals surface area contributed by atoms with Gasteiger partial charge in [-0.2, -0.15) is 0 Å². The zero-order valence-corrected chi connectivity index (χ0v) is 11.1. The number of fused-ring (bicyclic) bond motifs is 1. The Hall–Kier alpha value is -1.92. The zero-order valence-electron chi connectivity index (χ0n) is 11.1. The van der Waals surface area contributed by atoms with Gasteiger partial charge < -0.3 is 20.2 Å². The van der Waals surface area contributed by atoms with Gasteiger partial charge in [0.1, 0.15) is 11.7 Å². The van der Waals surface area contributed by atoms with Gasteiger partial charge >= 0.3 is 0 Å². The SMILES string of the molecule is COCC(N)C(=O)NCc1cn2cc(C)ccc2n1. The van der Waals surface area contributed by atoms with E-state index in [9.17, 15) is 4.79 Å². The van der Waals surface area contributed by atoms with E-state index in [0.29, 0.717) is 6.54 Å². The molecule has 0 saturated heterocycles. The van der Waals surface area contributed by atoms with Crippen molar-refractivity contribution < 1.29 is 9.53 Å². The van der Waals surface area contributed by atoms with Crippen molar-refractivity contribution in [2.24, 2.45) is 5.73 Å². The number of amides is 1. The lowest BCUT2D eigenvalue weighted by atomic mass is 10.3. The Morgan fingerprint density at radius 1 is 1.53 bits per heavy atom. The first kappa shape index (κ1) is 13.5. The van der Waals surface area contributed by atoms with Crippen molar-refractivity contribution >= 4 is 11.6 Å². The Bertz CT molecular complexity index is 579. The van der Waals surface area contributed by atoms with Crippen molar-refractivity contribution in [3.8, 4) is 0 Å². The molecule has 0 aliphatic rings. The summed E-state index contributed by atoms with van der Waals surface area (Å²) in [5, 5.41) is 2.74. The summed E-state index contributed by atoms with van der Waals surface area (Å²) in [4.78, 5) is 16.0. The van der Waals surface area contributed by atoms with E-state index in [1.807, 2.05) is 35.9 Å². The summed E-state index contributed by atoms with van der Waals surface area (Å²) in [6.07, 6.45) is 3.88. The molecule has 0 aliphatic heterocycles. The summed E-state index contributed by atoms with van der Waals surface area (Å²) < 4.78 is 6.77. The molecular formula is C13H18N4O2. The number of nitrogens with two attached hydrogens (primary N) is 1. The highest BCUT2D eigenvalue weighted by molar-refractivity contribution is 5.81. The number of carbonyl (C=O) groups is 1. The minimum absolute atomic E-state index is 0.205. The van der Waals surface area contributed by atoms with Crippen molar-refractivity contribution in [2.75, 3.05) is 13.7 Å². The van der Waals surface area contributed by atoms with Crippen LogP contribution in [0, 0.1) is 6.92 Å². The summed E-state index contributed by atoms with van der Waals surface area (Å²) in [7, 11) is 1.51. The molecule has 0 fully saturated rings. The van der Waals surface area contributed by atoms with Gasteiger partial charge in [0.2, 0.25) is 5.91 Å². The van der Waals surface area contributed by atoms with Crippen LogP contribution in [-0.4, -0.2) is 35.1 Å². The Morgan fingerprint density at radius 2 is 2.32 bits per heavy atom. The largest absolute Gasteiger partial charge is 0.383 e. The Morgan fingerprint density at radius 3 is 3.05 bits per heavy atom. The predicted octanol–water partition coefficient (Wildman–Crippen LogP) is 0.233. The van der Waals surface area contributed by atoms with E-state index >= 15 is 0 Å². The molecule has 0 radical (unpaired) electrons. The first-order valence-electron chi connectivity index (χ1n) is 6.06. The van der Waals surface area contributed by atoms with Gasteiger partial charge in [0.25, 0.3) is 0 Å². The molecule has 19 heavy (non-hydrogen) atoms. The summed E-state index contributed by atoms with van der Waals surface area (Å²) >= 11 is 0. The van der Waals surface area contributed by atoms with Crippen LogP contribution in [-0.2, 0) is 16.1 Å². The second-order valence-corrected chi connectivity index (χ2v) is 4.48. The topological polar surface area (TPSA) is 81.6 Å². The minimum Gasteiger partial charge on any atom is -0.383 e. The maximum Gasteiger partial charge on any atom is 0.239 e. The molecule has 1 atom stereocenters. The fraction of sp³-hybridized carbons (Fsp3) is 0.385. The van der Waals surface area contributed by atoms with Crippen LogP contribution in [0.1, 0.15) is 11.3 Å². The van der Waals surface area contributed by atoms with E-state index in [2.05, 4.69) is 10.3 Å². The van der Waals surface area contributed by atoms with Crippen molar-refractivity contribution in [1.82, 2.24) is 14.7 Å². The number of hydrogen-bond donors (Lipinski definition) is 2. The molecule has 6 heteroatoms. The molecule has 0 aliphatic carbocycles. The number of carbonyl (C=O) groups excluding carboxylic acids is 1. The van der Waals surface area contributed by atoms with Crippen molar-refractivity contribution in [3.63, 3.8) is 0 Å². The number of aryl methyl sites for hydroxylation is 1. The lowest BCUT2D eigenvalue weighted by Gasteiger charge is -2.09. The summed E-state index contributed by atoms with van der Waals surface area (Å²) in [6, 6.07) is 3.29. The lowest BCUT2D eigenvalue weighted by Crippen LogP contribution is -2.43. The van der Waals surface area contributed by atoms with Gasteiger partial charge in [-0.3, -0.25) is 4.79 Å². The average Bonchev–Trinajstić information content (AvgIpc) is 2.78. The molecule has 1 amide bonds. The van der Waals surface area contributed by atoms with E-state index in [1.54, 1.807) is 0 Å². The highest BCUT2D eigenvalue weighted by Gasteiger charge is 2.13. The normalized spacial score (nSPS) is 12.6. The third-order valence-corrected chi connectivity index (χ3v) is 2.78. The smallest absolute Gasteiger partial charge is 0.239 e. The first-order chi connectivity index (χ1) is 9.10. The molecule has 3 N–H and O–H groups in total. The van der Waals surface area contributed by atoms with Crippen LogP contribution in [0.15, 0.2) is 24.5 Å². The summed E-state index contributed by atoms with van der Waals surface area (Å²) in [6.45, 7) is 2.58. The van der Waals surface area contributed by atoms with Crippen LogP contribution in [0.4, 0.5) is 0 Å². The van der Waals surface area contributed by atoms with Gasteiger partial charge in [-0.1, -0.05) is 6.07 Å². The number of imidazole rings is 1. The third-order valence-electron chi connectivity index (χ3n) is 2.78. The summed E-state index contributed by atoms with van der Waals surface area (Å²) in [5.41, 5.74) is 8.43.